The SMILES string of the molecule is C#CCNS(=O)(=O)c1ccoc1. The van der Waals surface area contributed by atoms with E-state index >= 15 is 0 Å². The third-order valence-electron chi connectivity index (χ3n) is 1.17. The molecular formula is C7H7NO3S. The summed E-state index contributed by atoms with van der Waals surface area (Å²) in [6.45, 7) is -0.0203. The van der Waals surface area contributed by atoms with Crippen molar-refractivity contribution in [1.29, 1.82) is 0 Å². The Balaban J connectivity index is 2.83. The van der Waals surface area contributed by atoms with E-state index in [2.05, 4.69) is 15.1 Å². The number of furan rings is 1. The van der Waals surface area contributed by atoms with Gasteiger partial charge in [0.25, 0.3) is 0 Å². The molecule has 0 aromatic carbocycles. The van der Waals surface area contributed by atoms with Crippen molar-refractivity contribution in [2.45, 2.75) is 4.90 Å². The van der Waals surface area contributed by atoms with Gasteiger partial charge in [-0.15, -0.1) is 6.42 Å². The average Bonchev–Trinajstić information content (AvgIpc) is 2.53. The van der Waals surface area contributed by atoms with Crippen LogP contribution in [0.25, 0.3) is 0 Å². The Morgan fingerprint density at radius 2 is 2.42 bits per heavy atom. The molecule has 0 saturated heterocycles. The van der Waals surface area contributed by atoms with Gasteiger partial charge >= 0.3 is 0 Å². The fourth-order valence-electron chi connectivity index (χ4n) is 0.625. The van der Waals surface area contributed by atoms with Crippen LogP contribution in [0.2, 0.25) is 0 Å². The normalized spacial score (nSPS) is 10.9. The van der Waals surface area contributed by atoms with Crippen LogP contribution in [0, 0.1) is 12.3 Å². The van der Waals surface area contributed by atoms with Gasteiger partial charge in [0.1, 0.15) is 11.2 Å². The summed E-state index contributed by atoms with van der Waals surface area (Å²) in [5.41, 5.74) is 0. The Bertz CT molecular complexity index is 371. The minimum absolute atomic E-state index is 0.0203. The fraction of sp³-hybridized carbons (Fsp3) is 0.143. The first kappa shape index (κ1) is 8.84. The molecular weight excluding hydrogens is 178 g/mol. The summed E-state index contributed by atoms with van der Waals surface area (Å²) in [6.07, 6.45) is 7.31. The fourth-order valence-corrected chi connectivity index (χ4v) is 1.48. The van der Waals surface area contributed by atoms with Gasteiger partial charge in [0.05, 0.1) is 12.8 Å². The van der Waals surface area contributed by atoms with Gasteiger partial charge in [0.15, 0.2) is 0 Å². The summed E-state index contributed by atoms with van der Waals surface area (Å²) in [4.78, 5) is 0.0813. The third kappa shape index (κ3) is 1.87. The van der Waals surface area contributed by atoms with Crippen molar-refractivity contribution in [3.63, 3.8) is 0 Å². The molecule has 1 N–H and O–H groups in total. The van der Waals surface area contributed by atoms with Crippen molar-refractivity contribution in [2.24, 2.45) is 0 Å². The lowest BCUT2D eigenvalue weighted by molar-refractivity contribution is 0.554. The zero-order valence-electron chi connectivity index (χ0n) is 6.15. The van der Waals surface area contributed by atoms with Crippen LogP contribution >= 0.6 is 0 Å². The molecule has 0 saturated carbocycles. The van der Waals surface area contributed by atoms with E-state index in [0.717, 1.165) is 6.26 Å². The highest BCUT2D eigenvalue weighted by atomic mass is 32.2. The van der Waals surface area contributed by atoms with Crippen molar-refractivity contribution in [3.8, 4) is 12.3 Å². The van der Waals surface area contributed by atoms with Crippen LogP contribution in [0.15, 0.2) is 27.9 Å². The molecule has 0 aliphatic heterocycles. The maximum atomic E-state index is 11.2. The molecule has 5 heteroatoms. The predicted molar refractivity (Wildman–Crippen MR) is 42.7 cm³/mol. The van der Waals surface area contributed by atoms with Crippen LogP contribution in [0.1, 0.15) is 0 Å². The van der Waals surface area contributed by atoms with Gasteiger partial charge < -0.3 is 4.42 Å². The quantitative estimate of drug-likeness (QED) is 0.684. The molecule has 0 aliphatic rings. The van der Waals surface area contributed by atoms with Crippen LogP contribution in [0.4, 0.5) is 0 Å². The van der Waals surface area contributed by atoms with E-state index in [4.69, 9.17) is 6.42 Å². The molecule has 1 rings (SSSR count). The highest BCUT2D eigenvalue weighted by molar-refractivity contribution is 7.89. The zero-order chi connectivity index (χ0) is 9.03. The van der Waals surface area contributed by atoms with Gasteiger partial charge in [0, 0.05) is 0 Å². The smallest absolute Gasteiger partial charge is 0.244 e. The van der Waals surface area contributed by atoms with E-state index in [1.54, 1.807) is 0 Å². The first-order valence-electron chi connectivity index (χ1n) is 3.12. The maximum absolute atomic E-state index is 11.2. The summed E-state index contributed by atoms with van der Waals surface area (Å²) >= 11 is 0. The second kappa shape index (κ2) is 3.43. The topological polar surface area (TPSA) is 59.3 Å². The van der Waals surface area contributed by atoms with Crippen LogP contribution in [0.3, 0.4) is 0 Å². The molecule has 1 aromatic heterocycles. The number of hydrogen-bond donors (Lipinski definition) is 1. The summed E-state index contributed by atoms with van der Waals surface area (Å²) in [5.74, 6) is 2.16. The Hall–Kier alpha value is -1.25. The number of hydrogen-bond acceptors (Lipinski definition) is 3. The number of nitrogens with one attached hydrogen (secondary N) is 1. The molecule has 64 valence electrons. The van der Waals surface area contributed by atoms with Gasteiger partial charge in [-0.2, -0.15) is 4.72 Å². The highest BCUT2D eigenvalue weighted by Crippen LogP contribution is 2.07. The van der Waals surface area contributed by atoms with Gasteiger partial charge in [-0.1, -0.05) is 5.92 Å². The van der Waals surface area contributed by atoms with Crippen molar-refractivity contribution < 1.29 is 12.8 Å². The molecule has 1 aromatic rings. The summed E-state index contributed by atoms with van der Waals surface area (Å²) in [5, 5.41) is 0. The molecule has 0 bridgehead atoms. The predicted octanol–water partition coefficient (Wildman–Crippen LogP) is 0.191. The summed E-state index contributed by atoms with van der Waals surface area (Å²) in [7, 11) is -3.47. The second-order valence-electron chi connectivity index (χ2n) is 1.99. The van der Waals surface area contributed by atoms with Crippen LogP contribution in [0.5, 0.6) is 0 Å². The van der Waals surface area contributed by atoms with E-state index in [0.29, 0.717) is 0 Å². The molecule has 0 spiro atoms. The van der Waals surface area contributed by atoms with Crippen molar-refractivity contribution in [1.82, 2.24) is 4.72 Å². The Morgan fingerprint density at radius 1 is 1.67 bits per heavy atom. The molecule has 0 atom stereocenters. The van der Waals surface area contributed by atoms with Crippen molar-refractivity contribution in [2.75, 3.05) is 6.54 Å². The van der Waals surface area contributed by atoms with Gasteiger partial charge in [-0.3, -0.25) is 0 Å². The first-order chi connectivity index (χ1) is 5.67. The van der Waals surface area contributed by atoms with Crippen molar-refractivity contribution in [3.05, 3.63) is 18.6 Å². The molecule has 0 unspecified atom stereocenters. The molecule has 0 radical (unpaired) electrons. The maximum Gasteiger partial charge on any atom is 0.244 e. The minimum atomic E-state index is -3.47. The highest BCUT2D eigenvalue weighted by Gasteiger charge is 2.13. The lowest BCUT2D eigenvalue weighted by Gasteiger charge is -1.98. The summed E-state index contributed by atoms with van der Waals surface area (Å²) < 4.78 is 29.2. The van der Waals surface area contributed by atoms with E-state index in [-0.39, 0.29) is 11.4 Å². The molecule has 12 heavy (non-hydrogen) atoms. The lowest BCUT2D eigenvalue weighted by atomic mass is 10.7. The number of sulfonamides is 1. The van der Waals surface area contributed by atoms with Crippen LogP contribution in [-0.2, 0) is 10.0 Å². The minimum Gasteiger partial charge on any atom is -0.471 e. The van der Waals surface area contributed by atoms with E-state index in [1.807, 2.05) is 0 Å². The Labute approximate surface area is 70.6 Å². The third-order valence-corrected chi connectivity index (χ3v) is 2.55. The van der Waals surface area contributed by atoms with Gasteiger partial charge in [-0.05, 0) is 6.07 Å². The Kier molecular flexibility index (Phi) is 2.53. The number of rotatable bonds is 3. The lowest BCUT2D eigenvalue weighted by Crippen LogP contribution is -2.23. The standard InChI is InChI=1S/C7H7NO3S/c1-2-4-8-12(9,10)7-3-5-11-6-7/h1,3,5-6,8H,4H2. The van der Waals surface area contributed by atoms with Gasteiger partial charge in [-0.25, -0.2) is 8.42 Å². The van der Waals surface area contributed by atoms with Crippen molar-refractivity contribution >= 4 is 10.0 Å². The second-order valence-corrected chi connectivity index (χ2v) is 3.75. The summed E-state index contributed by atoms with van der Waals surface area (Å²) in [6, 6.07) is 1.35. The number of terminal acetylenes is 1. The largest absolute Gasteiger partial charge is 0.471 e. The Morgan fingerprint density at radius 3 is 2.92 bits per heavy atom. The molecule has 1 heterocycles. The molecule has 4 nitrogen and oxygen atoms in total. The average molecular weight is 185 g/mol. The first-order valence-corrected chi connectivity index (χ1v) is 4.60. The monoisotopic (exact) mass is 185 g/mol. The molecule has 0 aliphatic carbocycles. The van der Waals surface area contributed by atoms with E-state index < -0.39 is 10.0 Å². The molecule has 0 amide bonds. The van der Waals surface area contributed by atoms with Crippen LogP contribution in [-0.4, -0.2) is 15.0 Å². The van der Waals surface area contributed by atoms with E-state index in [9.17, 15) is 8.42 Å². The van der Waals surface area contributed by atoms with Gasteiger partial charge in [0.2, 0.25) is 10.0 Å². The molecule has 0 fully saturated rings. The van der Waals surface area contributed by atoms with Crippen LogP contribution < -0.4 is 4.72 Å². The van der Waals surface area contributed by atoms with E-state index in [1.165, 1.54) is 12.3 Å². The zero-order valence-corrected chi connectivity index (χ0v) is 6.97.